The molecule has 0 saturated carbocycles. The zero-order chi connectivity index (χ0) is 14.5. The fraction of sp³-hybridized carbons (Fsp3) is 0.125. The standard InChI is InChI=1S/C16H16N4O/c21-11-12-3-1-5-15(7-12)18-9-14-10-19-20-16(14)13-4-2-6-17-8-13/h1-8,10,18,21H,9,11H2,(H,19,20). The summed E-state index contributed by atoms with van der Waals surface area (Å²) >= 11 is 0. The molecule has 0 saturated heterocycles. The maximum absolute atomic E-state index is 9.16. The van der Waals surface area contributed by atoms with E-state index in [1.54, 1.807) is 6.20 Å². The quantitative estimate of drug-likeness (QED) is 0.671. The number of rotatable bonds is 5. The van der Waals surface area contributed by atoms with E-state index in [-0.39, 0.29) is 6.61 Å². The van der Waals surface area contributed by atoms with E-state index in [0.717, 1.165) is 28.1 Å². The Morgan fingerprint density at radius 2 is 2.10 bits per heavy atom. The van der Waals surface area contributed by atoms with Crippen LogP contribution in [-0.4, -0.2) is 20.3 Å². The molecule has 5 nitrogen and oxygen atoms in total. The van der Waals surface area contributed by atoms with E-state index in [1.165, 1.54) is 0 Å². The summed E-state index contributed by atoms with van der Waals surface area (Å²) in [6.07, 6.45) is 5.37. The number of aliphatic hydroxyl groups excluding tert-OH is 1. The Morgan fingerprint density at radius 1 is 1.14 bits per heavy atom. The van der Waals surface area contributed by atoms with Crippen molar-refractivity contribution in [1.82, 2.24) is 15.2 Å². The third kappa shape index (κ3) is 3.09. The molecule has 1 aromatic carbocycles. The van der Waals surface area contributed by atoms with Crippen molar-refractivity contribution in [1.29, 1.82) is 0 Å². The Kier molecular flexibility index (Phi) is 3.93. The summed E-state index contributed by atoms with van der Waals surface area (Å²) in [5, 5.41) is 19.6. The van der Waals surface area contributed by atoms with E-state index in [0.29, 0.717) is 6.54 Å². The van der Waals surface area contributed by atoms with Crippen molar-refractivity contribution < 1.29 is 5.11 Å². The van der Waals surface area contributed by atoms with Crippen molar-refractivity contribution in [2.24, 2.45) is 0 Å². The summed E-state index contributed by atoms with van der Waals surface area (Å²) in [7, 11) is 0. The number of anilines is 1. The van der Waals surface area contributed by atoms with Crippen molar-refractivity contribution in [3.05, 3.63) is 66.1 Å². The number of H-pyrrole nitrogens is 1. The highest BCUT2D eigenvalue weighted by Crippen LogP contribution is 2.21. The van der Waals surface area contributed by atoms with Gasteiger partial charge in [0, 0.05) is 35.8 Å². The lowest BCUT2D eigenvalue weighted by atomic mass is 10.1. The van der Waals surface area contributed by atoms with Gasteiger partial charge in [0.15, 0.2) is 0 Å². The summed E-state index contributed by atoms with van der Waals surface area (Å²) in [5.74, 6) is 0. The van der Waals surface area contributed by atoms with Crippen LogP contribution in [0.2, 0.25) is 0 Å². The predicted octanol–water partition coefficient (Wildman–Crippen LogP) is 2.58. The van der Waals surface area contributed by atoms with Gasteiger partial charge in [-0.2, -0.15) is 5.10 Å². The average molecular weight is 280 g/mol. The number of pyridine rings is 1. The van der Waals surface area contributed by atoms with Gasteiger partial charge in [0.25, 0.3) is 0 Å². The molecule has 0 radical (unpaired) electrons. The Hall–Kier alpha value is -2.66. The topological polar surface area (TPSA) is 73.8 Å². The zero-order valence-corrected chi connectivity index (χ0v) is 11.5. The van der Waals surface area contributed by atoms with Crippen LogP contribution in [0.15, 0.2) is 55.0 Å². The molecule has 0 amide bonds. The third-order valence-corrected chi connectivity index (χ3v) is 3.26. The molecule has 0 spiro atoms. The minimum Gasteiger partial charge on any atom is -0.392 e. The number of hydrogen-bond acceptors (Lipinski definition) is 4. The Bertz CT molecular complexity index is 709. The van der Waals surface area contributed by atoms with Gasteiger partial charge in [-0.3, -0.25) is 10.1 Å². The number of aliphatic hydroxyl groups is 1. The molecule has 3 aromatic rings. The molecule has 0 atom stereocenters. The Labute approximate surface area is 122 Å². The Balaban J connectivity index is 1.76. The average Bonchev–Trinajstić information content (AvgIpc) is 3.02. The van der Waals surface area contributed by atoms with Crippen LogP contribution >= 0.6 is 0 Å². The van der Waals surface area contributed by atoms with Gasteiger partial charge in [0.2, 0.25) is 0 Å². The first-order valence-electron chi connectivity index (χ1n) is 6.73. The molecule has 0 fully saturated rings. The van der Waals surface area contributed by atoms with Gasteiger partial charge < -0.3 is 10.4 Å². The summed E-state index contributed by atoms with van der Waals surface area (Å²) in [6.45, 7) is 0.692. The lowest BCUT2D eigenvalue weighted by Gasteiger charge is -2.08. The van der Waals surface area contributed by atoms with E-state index in [1.807, 2.05) is 48.8 Å². The monoisotopic (exact) mass is 280 g/mol. The van der Waals surface area contributed by atoms with Gasteiger partial charge >= 0.3 is 0 Å². The van der Waals surface area contributed by atoms with E-state index < -0.39 is 0 Å². The van der Waals surface area contributed by atoms with Crippen molar-refractivity contribution in [2.75, 3.05) is 5.32 Å². The molecule has 21 heavy (non-hydrogen) atoms. The van der Waals surface area contributed by atoms with Crippen LogP contribution in [0.3, 0.4) is 0 Å². The molecule has 0 unspecified atom stereocenters. The molecule has 2 heterocycles. The van der Waals surface area contributed by atoms with Gasteiger partial charge in [0.05, 0.1) is 18.5 Å². The maximum atomic E-state index is 9.16. The molecule has 106 valence electrons. The number of nitrogens with one attached hydrogen (secondary N) is 2. The van der Waals surface area contributed by atoms with E-state index >= 15 is 0 Å². The highest BCUT2D eigenvalue weighted by Gasteiger charge is 2.07. The van der Waals surface area contributed by atoms with Crippen molar-refractivity contribution >= 4 is 5.69 Å². The van der Waals surface area contributed by atoms with Gasteiger partial charge in [-0.05, 0) is 29.8 Å². The highest BCUT2D eigenvalue weighted by atomic mass is 16.3. The molecular weight excluding hydrogens is 264 g/mol. The van der Waals surface area contributed by atoms with E-state index in [9.17, 15) is 0 Å². The summed E-state index contributed by atoms with van der Waals surface area (Å²) < 4.78 is 0. The SMILES string of the molecule is OCc1cccc(NCc2cn[nH]c2-c2cccnc2)c1. The van der Waals surface area contributed by atoms with Crippen LogP contribution in [0, 0.1) is 0 Å². The molecule has 3 N–H and O–H groups in total. The van der Waals surface area contributed by atoms with Crippen LogP contribution in [0.5, 0.6) is 0 Å². The van der Waals surface area contributed by atoms with Crippen LogP contribution < -0.4 is 5.32 Å². The number of aromatic amines is 1. The smallest absolute Gasteiger partial charge is 0.0715 e. The van der Waals surface area contributed by atoms with Crippen molar-refractivity contribution in [2.45, 2.75) is 13.2 Å². The third-order valence-electron chi connectivity index (χ3n) is 3.26. The molecule has 0 bridgehead atoms. The lowest BCUT2D eigenvalue weighted by Crippen LogP contribution is -2.00. The first kappa shape index (κ1) is 13.3. The highest BCUT2D eigenvalue weighted by molar-refractivity contribution is 5.62. The molecule has 0 aliphatic heterocycles. The second kappa shape index (κ2) is 6.19. The van der Waals surface area contributed by atoms with Crippen molar-refractivity contribution in [3.8, 4) is 11.3 Å². The molecule has 5 heteroatoms. The van der Waals surface area contributed by atoms with E-state index in [4.69, 9.17) is 5.11 Å². The second-order valence-corrected chi connectivity index (χ2v) is 4.72. The molecule has 0 aliphatic carbocycles. The fourth-order valence-corrected chi connectivity index (χ4v) is 2.18. The number of aromatic nitrogens is 3. The molecule has 3 rings (SSSR count). The fourth-order valence-electron chi connectivity index (χ4n) is 2.18. The number of nitrogens with zero attached hydrogens (tertiary/aromatic N) is 2. The molecule has 2 aromatic heterocycles. The van der Waals surface area contributed by atoms with Crippen LogP contribution in [0.1, 0.15) is 11.1 Å². The van der Waals surface area contributed by atoms with Gasteiger partial charge in [-0.25, -0.2) is 0 Å². The predicted molar refractivity (Wildman–Crippen MR) is 81.5 cm³/mol. The number of benzene rings is 1. The van der Waals surface area contributed by atoms with Gasteiger partial charge in [-0.15, -0.1) is 0 Å². The van der Waals surface area contributed by atoms with E-state index in [2.05, 4.69) is 20.5 Å². The van der Waals surface area contributed by atoms with Crippen LogP contribution in [0.25, 0.3) is 11.3 Å². The minimum absolute atomic E-state index is 0.0438. The largest absolute Gasteiger partial charge is 0.392 e. The zero-order valence-electron chi connectivity index (χ0n) is 11.5. The molecule has 0 aliphatic rings. The maximum Gasteiger partial charge on any atom is 0.0715 e. The second-order valence-electron chi connectivity index (χ2n) is 4.72. The first-order valence-corrected chi connectivity index (χ1v) is 6.73. The van der Waals surface area contributed by atoms with Gasteiger partial charge in [-0.1, -0.05) is 12.1 Å². The summed E-state index contributed by atoms with van der Waals surface area (Å²) in [5.41, 5.74) is 4.90. The van der Waals surface area contributed by atoms with Crippen molar-refractivity contribution in [3.63, 3.8) is 0 Å². The van der Waals surface area contributed by atoms with Gasteiger partial charge in [0.1, 0.15) is 0 Å². The summed E-state index contributed by atoms with van der Waals surface area (Å²) in [6, 6.07) is 11.6. The summed E-state index contributed by atoms with van der Waals surface area (Å²) in [4.78, 5) is 4.13. The van der Waals surface area contributed by atoms with Crippen LogP contribution in [0.4, 0.5) is 5.69 Å². The first-order chi connectivity index (χ1) is 10.4. The normalized spacial score (nSPS) is 10.5. The number of hydrogen-bond donors (Lipinski definition) is 3. The lowest BCUT2D eigenvalue weighted by molar-refractivity contribution is 0.282. The molecular formula is C16H16N4O. The Morgan fingerprint density at radius 3 is 2.90 bits per heavy atom. The van der Waals surface area contributed by atoms with Crippen LogP contribution in [-0.2, 0) is 13.2 Å². The minimum atomic E-state index is 0.0438.